The standard InChI is InChI=1S/C15H13F4N/c16-11-2-1-10(15(19)8-11)6-14(20)5-9-3-12(17)7-13(18)4-9/h1-4,7-8,14H,5-6,20H2. The number of rotatable bonds is 4. The van der Waals surface area contributed by atoms with Gasteiger partial charge in [0.05, 0.1) is 0 Å². The fourth-order valence-corrected chi connectivity index (χ4v) is 2.07. The first-order valence-corrected chi connectivity index (χ1v) is 6.08. The lowest BCUT2D eigenvalue weighted by atomic mass is 9.99. The van der Waals surface area contributed by atoms with Crippen LogP contribution >= 0.6 is 0 Å². The van der Waals surface area contributed by atoms with E-state index < -0.39 is 29.3 Å². The molecule has 2 aromatic rings. The molecule has 1 nitrogen and oxygen atoms in total. The summed E-state index contributed by atoms with van der Waals surface area (Å²) >= 11 is 0. The predicted molar refractivity (Wildman–Crippen MR) is 68.1 cm³/mol. The number of hydrogen-bond acceptors (Lipinski definition) is 1. The smallest absolute Gasteiger partial charge is 0.129 e. The van der Waals surface area contributed by atoms with E-state index in [2.05, 4.69) is 0 Å². The van der Waals surface area contributed by atoms with E-state index in [1.807, 2.05) is 0 Å². The quantitative estimate of drug-likeness (QED) is 0.856. The Kier molecular flexibility index (Phi) is 4.39. The van der Waals surface area contributed by atoms with Crippen molar-refractivity contribution in [2.45, 2.75) is 18.9 Å². The van der Waals surface area contributed by atoms with Crippen LogP contribution in [0.25, 0.3) is 0 Å². The van der Waals surface area contributed by atoms with Crippen molar-refractivity contribution in [1.29, 1.82) is 0 Å². The normalized spacial score (nSPS) is 12.4. The van der Waals surface area contributed by atoms with Gasteiger partial charge in [0.15, 0.2) is 0 Å². The first kappa shape index (κ1) is 14.5. The lowest BCUT2D eigenvalue weighted by molar-refractivity contribution is 0.554. The molecule has 0 aliphatic heterocycles. The van der Waals surface area contributed by atoms with Crippen LogP contribution in [0.2, 0.25) is 0 Å². The monoisotopic (exact) mass is 283 g/mol. The molecule has 0 saturated carbocycles. The molecule has 0 amide bonds. The molecule has 20 heavy (non-hydrogen) atoms. The maximum absolute atomic E-state index is 13.5. The Morgan fingerprint density at radius 1 is 0.800 bits per heavy atom. The zero-order valence-corrected chi connectivity index (χ0v) is 10.5. The van der Waals surface area contributed by atoms with E-state index in [0.717, 1.165) is 18.2 Å². The number of nitrogens with two attached hydrogens (primary N) is 1. The largest absolute Gasteiger partial charge is 0.327 e. The van der Waals surface area contributed by atoms with Gasteiger partial charge in [-0.25, -0.2) is 17.6 Å². The van der Waals surface area contributed by atoms with Gasteiger partial charge in [0.1, 0.15) is 23.3 Å². The van der Waals surface area contributed by atoms with Gasteiger partial charge in [0.25, 0.3) is 0 Å². The molecule has 0 fully saturated rings. The second-order valence-electron chi connectivity index (χ2n) is 4.68. The minimum Gasteiger partial charge on any atom is -0.327 e. The summed E-state index contributed by atoms with van der Waals surface area (Å²) in [5.41, 5.74) is 6.51. The number of halogens is 4. The molecular weight excluding hydrogens is 270 g/mol. The van der Waals surface area contributed by atoms with Gasteiger partial charge >= 0.3 is 0 Å². The summed E-state index contributed by atoms with van der Waals surface area (Å²) in [6.45, 7) is 0. The van der Waals surface area contributed by atoms with Crippen LogP contribution in [0.1, 0.15) is 11.1 Å². The molecular formula is C15H13F4N. The molecule has 0 heterocycles. The van der Waals surface area contributed by atoms with Crippen molar-refractivity contribution in [3.63, 3.8) is 0 Å². The molecule has 5 heteroatoms. The summed E-state index contributed by atoms with van der Waals surface area (Å²) in [7, 11) is 0. The van der Waals surface area contributed by atoms with E-state index >= 15 is 0 Å². The Balaban J connectivity index is 2.06. The first-order chi connectivity index (χ1) is 9.44. The van der Waals surface area contributed by atoms with Crippen molar-refractivity contribution >= 4 is 0 Å². The minimum atomic E-state index is -0.680. The summed E-state index contributed by atoms with van der Waals surface area (Å²) in [6.07, 6.45) is 0.357. The second kappa shape index (κ2) is 6.05. The van der Waals surface area contributed by atoms with E-state index in [9.17, 15) is 17.6 Å². The van der Waals surface area contributed by atoms with Crippen molar-refractivity contribution in [3.05, 3.63) is 70.8 Å². The van der Waals surface area contributed by atoms with Crippen molar-refractivity contribution < 1.29 is 17.6 Å². The lowest BCUT2D eigenvalue weighted by Crippen LogP contribution is -2.26. The Hall–Kier alpha value is -1.88. The van der Waals surface area contributed by atoms with Crippen molar-refractivity contribution in [1.82, 2.24) is 0 Å². The van der Waals surface area contributed by atoms with Gasteiger partial charge in [0.2, 0.25) is 0 Å². The summed E-state index contributed by atoms with van der Waals surface area (Å²) in [6, 6.07) is 5.87. The molecule has 0 radical (unpaired) electrons. The fourth-order valence-electron chi connectivity index (χ4n) is 2.07. The predicted octanol–water partition coefficient (Wildman–Crippen LogP) is 3.36. The molecule has 2 N–H and O–H groups in total. The zero-order chi connectivity index (χ0) is 14.7. The highest BCUT2D eigenvalue weighted by Crippen LogP contribution is 2.14. The molecule has 2 rings (SSSR count). The van der Waals surface area contributed by atoms with E-state index in [1.54, 1.807) is 0 Å². The van der Waals surface area contributed by atoms with Gasteiger partial charge in [-0.1, -0.05) is 6.07 Å². The third-order valence-corrected chi connectivity index (χ3v) is 2.92. The van der Waals surface area contributed by atoms with Gasteiger partial charge in [-0.2, -0.15) is 0 Å². The molecule has 0 aliphatic rings. The summed E-state index contributed by atoms with van der Waals surface area (Å²) in [5, 5.41) is 0. The Bertz CT molecular complexity index is 593. The van der Waals surface area contributed by atoms with Crippen LogP contribution in [0.4, 0.5) is 17.6 Å². The molecule has 0 aliphatic carbocycles. The van der Waals surface area contributed by atoms with Gasteiger partial charge in [-0.3, -0.25) is 0 Å². The third kappa shape index (κ3) is 3.81. The van der Waals surface area contributed by atoms with Crippen LogP contribution in [-0.4, -0.2) is 6.04 Å². The van der Waals surface area contributed by atoms with Crippen molar-refractivity contribution in [3.8, 4) is 0 Å². The maximum atomic E-state index is 13.5. The van der Waals surface area contributed by atoms with Crippen molar-refractivity contribution in [2.75, 3.05) is 0 Å². The number of benzene rings is 2. The summed E-state index contributed by atoms with van der Waals surface area (Å²) < 4.78 is 52.3. The second-order valence-corrected chi connectivity index (χ2v) is 4.68. The van der Waals surface area contributed by atoms with Gasteiger partial charge in [-0.05, 0) is 42.2 Å². The van der Waals surface area contributed by atoms with Crippen LogP contribution in [-0.2, 0) is 12.8 Å². The van der Waals surface area contributed by atoms with Crippen LogP contribution in [0.15, 0.2) is 36.4 Å². The Morgan fingerprint density at radius 3 is 2.05 bits per heavy atom. The maximum Gasteiger partial charge on any atom is 0.129 e. The van der Waals surface area contributed by atoms with Crippen molar-refractivity contribution in [2.24, 2.45) is 5.73 Å². The third-order valence-electron chi connectivity index (χ3n) is 2.92. The molecule has 0 spiro atoms. The van der Waals surface area contributed by atoms with Crippen LogP contribution in [0.5, 0.6) is 0 Å². The Labute approximate surface area is 114 Å². The van der Waals surface area contributed by atoms with Gasteiger partial charge in [0, 0.05) is 18.2 Å². The first-order valence-electron chi connectivity index (χ1n) is 6.08. The van der Waals surface area contributed by atoms with Crippen LogP contribution < -0.4 is 5.73 Å². The Morgan fingerprint density at radius 2 is 1.45 bits per heavy atom. The SMILES string of the molecule is NC(Cc1cc(F)cc(F)c1)Cc1ccc(F)cc1F. The highest BCUT2D eigenvalue weighted by Gasteiger charge is 2.11. The summed E-state index contributed by atoms with van der Waals surface area (Å²) in [5.74, 6) is -2.70. The van der Waals surface area contributed by atoms with E-state index in [0.29, 0.717) is 5.56 Å². The molecule has 0 saturated heterocycles. The molecule has 2 aromatic carbocycles. The van der Waals surface area contributed by atoms with E-state index in [1.165, 1.54) is 18.2 Å². The molecule has 106 valence electrons. The topological polar surface area (TPSA) is 26.0 Å². The number of hydrogen-bond donors (Lipinski definition) is 1. The summed E-state index contributed by atoms with van der Waals surface area (Å²) in [4.78, 5) is 0. The van der Waals surface area contributed by atoms with Crippen LogP contribution in [0, 0.1) is 23.3 Å². The van der Waals surface area contributed by atoms with E-state index in [4.69, 9.17) is 5.73 Å². The minimum absolute atomic E-state index is 0.157. The van der Waals surface area contributed by atoms with Crippen LogP contribution in [0.3, 0.4) is 0 Å². The lowest BCUT2D eigenvalue weighted by Gasteiger charge is -2.12. The molecule has 1 unspecified atom stereocenters. The highest BCUT2D eigenvalue weighted by molar-refractivity contribution is 5.22. The zero-order valence-electron chi connectivity index (χ0n) is 10.5. The molecule has 1 atom stereocenters. The highest BCUT2D eigenvalue weighted by atomic mass is 19.1. The van der Waals surface area contributed by atoms with Gasteiger partial charge < -0.3 is 5.73 Å². The van der Waals surface area contributed by atoms with Gasteiger partial charge in [-0.15, -0.1) is 0 Å². The fraction of sp³-hybridized carbons (Fsp3) is 0.200. The van der Waals surface area contributed by atoms with E-state index in [-0.39, 0.29) is 18.4 Å². The average molecular weight is 283 g/mol. The molecule has 0 aromatic heterocycles. The average Bonchev–Trinajstić information content (AvgIpc) is 2.31. The molecule has 0 bridgehead atoms.